The van der Waals surface area contributed by atoms with E-state index in [-0.39, 0.29) is 11.8 Å². The van der Waals surface area contributed by atoms with Crippen LogP contribution >= 0.6 is 0 Å². The number of rotatable bonds is 5. The number of aryl methyl sites for hydroxylation is 2. The summed E-state index contributed by atoms with van der Waals surface area (Å²) in [5.74, 6) is 0.157. The molecule has 0 radical (unpaired) electrons. The highest BCUT2D eigenvalue weighted by Crippen LogP contribution is 2.20. The van der Waals surface area contributed by atoms with Gasteiger partial charge in [0, 0.05) is 44.0 Å². The molecule has 0 aliphatic carbocycles. The van der Waals surface area contributed by atoms with Crippen LogP contribution in [0, 0.1) is 6.92 Å². The third kappa shape index (κ3) is 3.65. The average Bonchev–Trinajstić information content (AvgIpc) is 3.24. The number of nitrogens with one attached hydrogen (secondary N) is 1. The molecular formula is C23H25N3O2. The van der Waals surface area contributed by atoms with Crippen molar-refractivity contribution in [3.05, 3.63) is 70.9 Å². The van der Waals surface area contributed by atoms with Crippen molar-refractivity contribution in [2.75, 3.05) is 6.54 Å². The number of benzene rings is 2. The van der Waals surface area contributed by atoms with Crippen molar-refractivity contribution in [3.63, 3.8) is 0 Å². The number of nitrogens with zero attached hydrogens (tertiary/aromatic N) is 2. The lowest BCUT2D eigenvalue weighted by molar-refractivity contribution is -0.128. The fraction of sp³-hybridized carbons (Fsp3) is 0.304. The van der Waals surface area contributed by atoms with Gasteiger partial charge in [-0.05, 0) is 42.7 Å². The van der Waals surface area contributed by atoms with E-state index in [1.165, 1.54) is 5.56 Å². The van der Waals surface area contributed by atoms with Crippen LogP contribution in [0.2, 0.25) is 0 Å². The second kappa shape index (κ2) is 7.50. The first kappa shape index (κ1) is 18.3. The van der Waals surface area contributed by atoms with Gasteiger partial charge >= 0.3 is 0 Å². The second-order valence-corrected chi connectivity index (χ2v) is 7.57. The number of hydrogen-bond donors (Lipinski definition) is 1. The molecule has 0 bridgehead atoms. The second-order valence-electron chi connectivity index (χ2n) is 7.57. The third-order valence-corrected chi connectivity index (χ3v) is 5.45. The van der Waals surface area contributed by atoms with Gasteiger partial charge in [0.25, 0.3) is 5.91 Å². The highest BCUT2D eigenvalue weighted by Gasteiger charge is 2.19. The van der Waals surface area contributed by atoms with Crippen LogP contribution in [0.15, 0.2) is 48.5 Å². The number of likely N-dealkylation sites (tertiary alicyclic amines) is 1. The summed E-state index contributed by atoms with van der Waals surface area (Å²) in [6, 6.07) is 16.2. The minimum Gasteiger partial charge on any atom is -0.347 e. The summed E-state index contributed by atoms with van der Waals surface area (Å²) in [7, 11) is 1.92. The van der Waals surface area contributed by atoms with Gasteiger partial charge in [-0.2, -0.15) is 0 Å². The fourth-order valence-corrected chi connectivity index (χ4v) is 3.81. The number of fused-ring (bicyclic) bond motifs is 1. The van der Waals surface area contributed by atoms with Gasteiger partial charge in [0.2, 0.25) is 5.91 Å². The van der Waals surface area contributed by atoms with E-state index in [4.69, 9.17) is 0 Å². The molecule has 2 heterocycles. The fourth-order valence-electron chi connectivity index (χ4n) is 3.81. The average molecular weight is 375 g/mol. The molecule has 4 rings (SSSR count). The van der Waals surface area contributed by atoms with Crippen molar-refractivity contribution < 1.29 is 9.59 Å². The smallest absolute Gasteiger partial charge is 0.268 e. The summed E-state index contributed by atoms with van der Waals surface area (Å²) in [5.41, 5.74) is 5.05. The van der Waals surface area contributed by atoms with E-state index in [1.54, 1.807) is 0 Å². The summed E-state index contributed by atoms with van der Waals surface area (Å²) < 4.78 is 1.93. The molecule has 0 saturated carbocycles. The Morgan fingerprint density at radius 3 is 2.54 bits per heavy atom. The van der Waals surface area contributed by atoms with Crippen LogP contribution in [-0.2, 0) is 24.9 Å². The normalized spacial score (nSPS) is 14.1. The van der Waals surface area contributed by atoms with Crippen LogP contribution in [0.3, 0.4) is 0 Å². The molecule has 144 valence electrons. The number of carbonyl (C=O) groups is 2. The number of hydrogen-bond acceptors (Lipinski definition) is 2. The maximum atomic E-state index is 12.7. The standard InChI is InChI=1S/C23H25N3O2/c1-16-5-10-20-19(12-16)13-21(25(20)2)23(28)24-14-17-6-8-18(9-7-17)15-26-11-3-4-22(26)27/h5-10,12-13H,3-4,11,14-15H2,1-2H3,(H,24,28). The van der Waals surface area contributed by atoms with Crippen LogP contribution in [0.1, 0.15) is 40.0 Å². The van der Waals surface area contributed by atoms with Gasteiger partial charge in [0.05, 0.1) is 0 Å². The van der Waals surface area contributed by atoms with E-state index in [1.807, 2.05) is 52.9 Å². The lowest BCUT2D eigenvalue weighted by Crippen LogP contribution is -2.25. The van der Waals surface area contributed by atoms with E-state index >= 15 is 0 Å². The minimum absolute atomic E-state index is 0.0805. The van der Waals surface area contributed by atoms with Crippen LogP contribution in [0.25, 0.3) is 10.9 Å². The van der Waals surface area contributed by atoms with Gasteiger partial charge in [-0.1, -0.05) is 35.9 Å². The molecule has 3 aromatic rings. The van der Waals surface area contributed by atoms with Crippen LogP contribution in [0.4, 0.5) is 0 Å². The molecular weight excluding hydrogens is 350 g/mol. The summed E-state index contributed by atoms with van der Waals surface area (Å²) in [4.78, 5) is 26.3. The number of amides is 2. The Balaban J connectivity index is 1.39. The Labute approximate surface area is 165 Å². The van der Waals surface area contributed by atoms with Crippen molar-refractivity contribution in [2.45, 2.75) is 32.9 Å². The summed E-state index contributed by atoms with van der Waals surface area (Å²) in [5, 5.41) is 4.08. The summed E-state index contributed by atoms with van der Waals surface area (Å²) >= 11 is 0. The topological polar surface area (TPSA) is 54.3 Å². The van der Waals surface area contributed by atoms with Crippen LogP contribution in [0.5, 0.6) is 0 Å². The molecule has 1 aliphatic heterocycles. The largest absolute Gasteiger partial charge is 0.347 e. The molecule has 5 nitrogen and oxygen atoms in total. The van der Waals surface area contributed by atoms with E-state index in [2.05, 4.69) is 24.4 Å². The Morgan fingerprint density at radius 1 is 1.07 bits per heavy atom. The third-order valence-electron chi connectivity index (χ3n) is 5.45. The van der Waals surface area contributed by atoms with Gasteiger partial charge in [0.15, 0.2) is 0 Å². The molecule has 0 atom stereocenters. The quantitative estimate of drug-likeness (QED) is 0.742. The van der Waals surface area contributed by atoms with E-state index in [0.717, 1.165) is 35.0 Å². The van der Waals surface area contributed by atoms with Gasteiger partial charge in [-0.25, -0.2) is 0 Å². The first-order chi connectivity index (χ1) is 13.5. The zero-order chi connectivity index (χ0) is 19.7. The predicted molar refractivity (Wildman–Crippen MR) is 110 cm³/mol. The van der Waals surface area contributed by atoms with Gasteiger partial charge < -0.3 is 14.8 Å². The Hall–Kier alpha value is -3.08. The molecule has 2 amide bonds. The molecule has 5 heteroatoms. The molecule has 0 spiro atoms. The molecule has 1 N–H and O–H groups in total. The number of carbonyl (C=O) groups excluding carboxylic acids is 2. The van der Waals surface area contributed by atoms with E-state index < -0.39 is 0 Å². The molecule has 28 heavy (non-hydrogen) atoms. The zero-order valence-electron chi connectivity index (χ0n) is 16.4. The number of aromatic nitrogens is 1. The minimum atomic E-state index is -0.0805. The molecule has 1 aromatic heterocycles. The molecule has 1 aliphatic rings. The maximum absolute atomic E-state index is 12.7. The molecule has 2 aromatic carbocycles. The molecule has 1 saturated heterocycles. The monoisotopic (exact) mass is 375 g/mol. The Morgan fingerprint density at radius 2 is 1.82 bits per heavy atom. The Bertz CT molecular complexity index is 1030. The van der Waals surface area contributed by atoms with Crippen molar-refractivity contribution in [1.29, 1.82) is 0 Å². The first-order valence-electron chi connectivity index (χ1n) is 9.71. The maximum Gasteiger partial charge on any atom is 0.268 e. The lowest BCUT2D eigenvalue weighted by atomic mass is 10.1. The van der Waals surface area contributed by atoms with Gasteiger partial charge in [0.1, 0.15) is 5.69 Å². The molecule has 0 unspecified atom stereocenters. The summed E-state index contributed by atoms with van der Waals surface area (Å²) in [6.45, 7) is 4.04. The highest BCUT2D eigenvalue weighted by atomic mass is 16.2. The Kier molecular flexibility index (Phi) is 4.90. The summed E-state index contributed by atoms with van der Waals surface area (Å²) in [6.07, 6.45) is 1.62. The SMILES string of the molecule is Cc1ccc2c(c1)cc(C(=O)NCc1ccc(CN3CCCC3=O)cc1)n2C. The van der Waals surface area contributed by atoms with Crippen LogP contribution in [-0.4, -0.2) is 27.8 Å². The highest BCUT2D eigenvalue weighted by molar-refractivity contribution is 5.98. The van der Waals surface area contributed by atoms with Gasteiger partial charge in [-0.3, -0.25) is 9.59 Å². The van der Waals surface area contributed by atoms with Crippen molar-refractivity contribution in [2.24, 2.45) is 7.05 Å². The molecule has 1 fully saturated rings. The van der Waals surface area contributed by atoms with E-state index in [9.17, 15) is 9.59 Å². The zero-order valence-corrected chi connectivity index (χ0v) is 16.4. The van der Waals surface area contributed by atoms with E-state index in [0.29, 0.717) is 25.2 Å². The van der Waals surface area contributed by atoms with Crippen molar-refractivity contribution in [1.82, 2.24) is 14.8 Å². The lowest BCUT2D eigenvalue weighted by Gasteiger charge is -2.15. The van der Waals surface area contributed by atoms with Crippen LogP contribution < -0.4 is 5.32 Å². The predicted octanol–water partition coefficient (Wildman–Crippen LogP) is 3.54. The first-order valence-corrected chi connectivity index (χ1v) is 9.71. The van der Waals surface area contributed by atoms with Crippen molar-refractivity contribution >= 4 is 22.7 Å². The van der Waals surface area contributed by atoms with Crippen molar-refractivity contribution in [3.8, 4) is 0 Å². The van der Waals surface area contributed by atoms with Gasteiger partial charge in [-0.15, -0.1) is 0 Å².